The largest absolute Gasteiger partial charge is 0.465 e. The highest BCUT2D eigenvalue weighted by atomic mass is 19.1. The van der Waals surface area contributed by atoms with Crippen molar-refractivity contribution in [2.75, 3.05) is 7.11 Å². The molecule has 2 rings (SSSR count). The predicted octanol–water partition coefficient (Wildman–Crippen LogP) is 1.22. The Morgan fingerprint density at radius 3 is 3.00 bits per heavy atom. The molecule has 1 aliphatic rings. The summed E-state index contributed by atoms with van der Waals surface area (Å²) in [5, 5.41) is 3.06. The highest BCUT2D eigenvalue weighted by molar-refractivity contribution is 5.91. The molecule has 1 aliphatic heterocycles. The van der Waals surface area contributed by atoms with Gasteiger partial charge in [0.1, 0.15) is 11.4 Å². The maximum atomic E-state index is 13.4. The van der Waals surface area contributed by atoms with Crippen molar-refractivity contribution < 1.29 is 13.9 Å². The number of ether oxygens (including phenoxy) is 1. The number of halogens is 1. The van der Waals surface area contributed by atoms with E-state index < -0.39 is 11.8 Å². The molecule has 1 aromatic carbocycles. The number of rotatable bonds is 1. The predicted molar refractivity (Wildman–Crippen MR) is 48.3 cm³/mol. The molecule has 1 aromatic rings. The smallest absolute Gasteiger partial charge is 0.341 e. The lowest BCUT2D eigenvalue weighted by Gasteiger charge is -2.06. The molecular weight excluding hydrogens is 185 g/mol. The van der Waals surface area contributed by atoms with E-state index in [1.807, 2.05) is 0 Å². The molecule has 0 aromatic heterocycles. The highest BCUT2D eigenvalue weighted by Crippen LogP contribution is 2.23. The average molecular weight is 195 g/mol. The van der Waals surface area contributed by atoms with Crippen LogP contribution < -0.4 is 5.32 Å². The van der Waals surface area contributed by atoms with Gasteiger partial charge in [-0.05, 0) is 17.2 Å². The first-order valence-corrected chi connectivity index (χ1v) is 4.33. The van der Waals surface area contributed by atoms with Gasteiger partial charge in [0.25, 0.3) is 0 Å². The van der Waals surface area contributed by atoms with Crippen LogP contribution in [0.3, 0.4) is 0 Å². The molecule has 4 heteroatoms. The van der Waals surface area contributed by atoms with Crippen LogP contribution in [0.25, 0.3) is 0 Å². The van der Waals surface area contributed by atoms with Crippen molar-refractivity contribution in [1.82, 2.24) is 5.32 Å². The minimum absolute atomic E-state index is 0.0648. The van der Waals surface area contributed by atoms with Gasteiger partial charge >= 0.3 is 5.97 Å². The lowest BCUT2D eigenvalue weighted by Crippen LogP contribution is -2.09. The minimum atomic E-state index is -0.608. The topological polar surface area (TPSA) is 38.3 Å². The number of hydrogen-bond acceptors (Lipinski definition) is 3. The van der Waals surface area contributed by atoms with Crippen LogP contribution in [0.15, 0.2) is 12.1 Å². The number of hydrogen-bond donors (Lipinski definition) is 1. The van der Waals surface area contributed by atoms with Crippen molar-refractivity contribution in [1.29, 1.82) is 0 Å². The van der Waals surface area contributed by atoms with E-state index in [2.05, 4.69) is 10.1 Å². The summed E-state index contributed by atoms with van der Waals surface area (Å²) < 4.78 is 17.9. The van der Waals surface area contributed by atoms with Crippen LogP contribution in [-0.2, 0) is 17.8 Å². The number of esters is 1. The fraction of sp³-hybridized carbons (Fsp3) is 0.300. The van der Waals surface area contributed by atoms with Crippen molar-refractivity contribution in [2.24, 2.45) is 0 Å². The Morgan fingerprint density at radius 2 is 2.29 bits per heavy atom. The second-order valence-electron chi connectivity index (χ2n) is 3.16. The van der Waals surface area contributed by atoms with Crippen molar-refractivity contribution in [3.05, 3.63) is 34.6 Å². The zero-order valence-electron chi connectivity index (χ0n) is 7.76. The average Bonchev–Trinajstić information content (AvgIpc) is 2.64. The summed E-state index contributed by atoms with van der Waals surface area (Å²) in [6.45, 7) is 1.21. The third-order valence-electron chi connectivity index (χ3n) is 2.37. The van der Waals surface area contributed by atoms with Crippen molar-refractivity contribution >= 4 is 5.97 Å². The molecule has 14 heavy (non-hydrogen) atoms. The van der Waals surface area contributed by atoms with Gasteiger partial charge in [0.2, 0.25) is 0 Å². The summed E-state index contributed by atoms with van der Waals surface area (Å²) in [6, 6.07) is 3.00. The van der Waals surface area contributed by atoms with Gasteiger partial charge in [0, 0.05) is 13.1 Å². The fourth-order valence-corrected chi connectivity index (χ4v) is 1.67. The van der Waals surface area contributed by atoms with Crippen molar-refractivity contribution in [2.45, 2.75) is 13.1 Å². The van der Waals surface area contributed by atoms with Gasteiger partial charge in [0.15, 0.2) is 0 Å². The summed E-state index contributed by atoms with van der Waals surface area (Å²) in [4.78, 5) is 11.3. The van der Waals surface area contributed by atoms with Crippen molar-refractivity contribution in [3.8, 4) is 0 Å². The van der Waals surface area contributed by atoms with E-state index >= 15 is 0 Å². The first-order chi connectivity index (χ1) is 6.74. The zero-order chi connectivity index (χ0) is 10.1. The molecular formula is C10H10FNO2. The molecule has 0 amide bonds. The monoisotopic (exact) mass is 195 g/mol. The summed E-state index contributed by atoms with van der Waals surface area (Å²) in [5.74, 6) is -1.12. The summed E-state index contributed by atoms with van der Waals surface area (Å²) in [5.41, 5.74) is 1.75. The highest BCUT2D eigenvalue weighted by Gasteiger charge is 2.22. The number of fused-ring (bicyclic) bond motifs is 1. The van der Waals surface area contributed by atoms with Gasteiger partial charge in [-0.3, -0.25) is 0 Å². The molecule has 0 saturated heterocycles. The summed E-state index contributed by atoms with van der Waals surface area (Å²) in [6.07, 6.45) is 0. The normalized spacial score (nSPS) is 13.9. The van der Waals surface area contributed by atoms with Crippen LogP contribution in [0.4, 0.5) is 4.39 Å². The van der Waals surface area contributed by atoms with E-state index in [-0.39, 0.29) is 5.56 Å². The molecule has 0 fully saturated rings. The lowest BCUT2D eigenvalue weighted by molar-refractivity contribution is 0.0594. The van der Waals surface area contributed by atoms with Gasteiger partial charge in [-0.1, -0.05) is 6.07 Å². The van der Waals surface area contributed by atoms with Crippen LogP contribution in [0, 0.1) is 5.82 Å². The number of benzene rings is 1. The van der Waals surface area contributed by atoms with E-state index in [0.29, 0.717) is 13.1 Å². The Bertz CT molecular complexity index is 390. The molecule has 0 spiro atoms. The van der Waals surface area contributed by atoms with E-state index in [1.54, 1.807) is 6.07 Å². The molecule has 1 heterocycles. The van der Waals surface area contributed by atoms with Crippen LogP contribution >= 0.6 is 0 Å². The second-order valence-corrected chi connectivity index (χ2v) is 3.16. The summed E-state index contributed by atoms with van der Waals surface area (Å²) >= 11 is 0. The van der Waals surface area contributed by atoms with Crippen LogP contribution in [-0.4, -0.2) is 13.1 Å². The van der Waals surface area contributed by atoms with Crippen LogP contribution in [0.5, 0.6) is 0 Å². The SMILES string of the molecule is COC(=O)c1c(F)ccc2c1CNC2. The summed E-state index contributed by atoms with van der Waals surface area (Å²) in [7, 11) is 1.25. The third kappa shape index (κ3) is 1.28. The van der Waals surface area contributed by atoms with E-state index in [4.69, 9.17) is 0 Å². The first kappa shape index (κ1) is 9.15. The van der Waals surface area contributed by atoms with E-state index in [9.17, 15) is 9.18 Å². The number of nitrogens with one attached hydrogen (secondary N) is 1. The zero-order valence-corrected chi connectivity index (χ0v) is 7.76. The Hall–Kier alpha value is -1.42. The van der Waals surface area contributed by atoms with Crippen LogP contribution in [0.1, 0.15) is 21.5 Å². The molecule has 0 aliphatic carbocycles. The van der Waals surface area contributed by atoms with Crippen LogP contribution in [0.2, 0.25) is 0 Å². The molecule has 1 N–H and O–H groups in total. The molecule has 0 atom stereocenters. The second kappa shape index (κ2) is 3.38. The Morgan fingerprint density at radius 1 is 1.50 bits per heavy atom. The Balaban J connectivity index is 2.57. The maximum absolute atomic E-state index is 13.4. The van der Waals surface area contributed by atoms with Crippen molar-refractivity contribution in [3.63, 3.8) is 0 Å². The van der Waals surface area contributed by atoms with E-state index in [0.717, 1.165) is 11.1 Å². The molecule has 0 bridgehead atoms. The standard InChI is InChI=1S/C10H10FNO2/c1-14-10(13)9-7-5-12-4-6(7)2-3-8(9)11/h2-3,12H,4-5H2,1H3. The van der Waals surface area contributed by atoms with Gasteiger partial charge < -0.3 is 10.1 Å². The number of carbonyl (C=O) groups excluding carboxylic acids is 1. The quantitative estimate of drug-likeness (QED) is 0.684. The van der Waals surface area contributed by atoms with Gasteiger partial charge in [0.05, 0.1) is 7.11 Å². The molecule has 0 radical (unpaired) electrons. The molecule has 0 unspecified atom stereocenters. The lowest BCUT2D eigenvalue weighted by atomic mass is 10.0. The maximum Gasteiger partial charge on any atom is 0.341 e. The molecule has 3 nitrogen and oxygen atoms in total. The fourth-order valence-electron chi connectivity index (χ4n) is 1.67. The third-order valence-corrected chi connectivity index (χ3v) is 2.37. The van der Waals surface area contributed by atoms with Gasteiger partial charge in [-0.2, -0.15) is 0 Å². The molecule has 0 saturated carbocycles. The Labute approximate surface area is 80.9 Å². The number of carbonyl (C=O) groups is 1. The van der Waals surface area contributed by atoms with E-state index in [1.165, 1.54) is 13.2 Å². The Kier molecular flexibility index (Phi) is 2.21. The first-order valence-electron chi connectivity index (χ1n) is 4.33. The number of methoxy groups -OCH3 is 1. The minimum Gasteiger partial charge on any atom is -0.465 e. The molecule has 74 valence electrons. The van der Waals surface area contributed by atoms with Gasteiger partial charge in [-0.15, -0.1) is 0 Å². The van der Waals surface area contributed by atoms with Gasteiger partial charge in [-0.25, -0.2) is 9.18 Å².